The predicted octanol–water partition coefficient (Wildman–Crippen LogP) is 5.29. The smallest absolute Gasteiger partial charge is 0.328 e. The van der Waals surface area contributed by atoms with Crippen LogP contribution >= 0.6 is 23.2 Å². The summed E-state index contributed by atoms with van der Waals surface area (Å²) in [6.45, 7) is 5.36. The molecule has 9 nitrogen and oxygen atoms in total. The Kier molecular flexibility index (Phi) is 10.9. The molecular weight excluding hydrogens is 617 g/mol. The summed E-state index contributed by atoms with van der Waals surface area (Å²) in [7, 11) is 1.26. The summed E-state index contributed by atoms with van der Waals surface area (Å²) < 4.78 is 4.99. The first kappa shape index (κ1) is 34.0. The molecule has 45 heavy (non-hydrogen) atoms. The number of ether oxygens (including phenoxy) is 1. The lowest BCUT2D eigenvalue weighted by Crippen LogP contribution is -2.57. The van der Waals surface area contributed by atoms with Crippen molar-refractivity contribution in [2.24, 2.45) is 16.7 Å². The van der Waals surface area contributed by atoms with E-state index in [0.29, 0.717) is 0 Å². The van der Waals surface area contributed by atoms with Crippen LogP contribution < -0.4 is 16.1 Å². The summed E-state index contributed by atoms with van der Waals surface area (Å²) in [5.74, 6) is -2.98. The average molecular weight is 655 g/mol. The van der Waals surface area contributed by atoms with Gasteiger partial charge in [-0.1, -0.05) is 104 Å². The van der Waals surface area contributed by atoms with Gasteiger partial charge in [0.2, 0.25) is 5.91 Å². The highest BCUT2D eigenvalue weighted by Crippen LogP contribution is 2.56. The van der Waals surface area contributed by atoms with Gasteiger partial charge in [-0.2, -0.15) is 0 Å². The minimum Gasteiger partial charge on any atom is -0.467 e. The molecule has 3 N–H and O–H groups in total. The van der Waals surface area contributed by atoms with Crippen LogP contribution in [0.15, 0.2) is 78.9 Å². The Morgan fingerprint density at radius 1 is 0.867 bits per heavy atom. The van der Waals surface area contributed by atoms with Crippen molar-refractivity contribution in [2.75, 3.05) is 7.11 Å². The van der Waals surface area contributed by atoms with Crippen LogP contribution in [0.25, 0.3) is 0 Å². The maximum absolute atomic E-state index is 14.0. The molecule has 4 atom stereocenters. The van der Waals surface area contributed by atoms with Crippen LogP contribution in [0.2, 0.25) is 10.0 Å². The second-order valence-electron chi connectivity index (χ2n) is 11.8. The van der Waals surface area contributed by atoms with E-state index >= 15 is 0 Å². The van der Waals surface area contributed by atoms with Gasteiger partial charge in [0, 0.05) is 18.4 Å². The minimum absolute atomic E-state index is 0.0586. The van der Waals surface area contributed by atoms with Crippen molar-refractivity contribution in [1.29, 1.82) is 0 Å². The predicted molar refractivity (Wildman–Crippen MR) is 171 cm³/mol. The molecule has 3 amide bonds. The van der Waals surface area contributed by atoms with E-state index in [2.05, 4.69) is 16.1 Å². The first-order valence-electron chi connectivity index (χ1n) is 14.5. The molecule has 238 valence electrons. The Labute approximate surface area is 272 Å². The summed E-state index contributed by atoms with van der Waals surface area (Å²) >= 11 is 12.6. The highest BCUT2D eigenvalue weighted by atomic mass is 35.5. The van der Waals surface area contributed by atoms with E-state index in [9.17, 15) is 19.2 Å². The van der Waals surface area contributed by atoms with E-state index < -0.39 is 52.5 Å². The molecule has 1 aliphatic carbocycles. The highest BCUT2D eigenvalue weighted by Gasteiger charge is 2.64. The minimum atomic E-state index is -1.37. The van der Waals surface area contributed by atoms with Crippen LogP contribution in [-0.2, 0) is 37.0 Å². The summed E-state index contributed by atoms with van der Waals surface area (Å²) in [5.41, 5.74) is 1.87. The lowest BCUT2D eigenvalue weighted by Gasteiger charge is -2.42. The molecule has 3 aromatic rings. The Balaban J connectivity index is 1.62. The van der Waals surface area contributed by atoms with Crippen LogP contribution in [0.3, 0.4) is 0 Å². The van der Waals surface area contributed by atoms with Crippen molar-refractivity contribution in [3.8, 4) is 0 Å². The van der Waals surface area contributed by atoms with Crippen LogP contribution in [0.5, 0.6) is 0 Å². The topological polar surface area (TPSA) is 123 Å². The third kappa shape index (κ3) is 7.32. The first-order chi connectivity index (χ1) is 21.4. The maximum Gasteiger partial charge on any atom is 0.328 e. The molecule has 0 aliphatic heterocycles. The zero-order chi connectivity index (χ0) is 32.8. The zero-order valence-corrected chi connectivity index (χ0v) is 27.1. The molecule has 1 saturated carbocycles. The monoisotopic (exact) mass is 653 g/mol. The number of carbonyl (C=O) groups excluding carboxylic acids is 4. The number of hydrogen-bond donors (Lipinski definition) is 3. The fourth-order valence-corrected chi connectivity index (χ4v) is 6.50. The number of nitrogens with one attached hydrogen (secondary N) is 3. The van der Waals surface area contributed by atoms with Gasteiger partial charge in [0.1, 0.15) is 6.04 Å². The van der Waals surface area contributed by atoms with Crippen LogP contribution in [0, 0.1) is 16.7 Å². The van der Waals surface area contributed by atoms with E-state index in [1.165, 1.54) is 7.11 Å². The summed E-state index contributed by atoms with van der Waals surface area (Å²) in [6.07, 6.45) is 0.289. The van der Waals surface area contributed by atoms with Crippen molar-refractivity contribution >= 4 is 46.9 Å². The Morgan fingerprint density at radius 3 is 2.02 bits per heavy atom. The first-order valence-corrected chi connectivity index (χ1v) is 15.3. The molecule has 0 spiro atoms. The summed E-state index contributed by atoms with van der Waals surface area (Å²) in [5, 5.41) is 6.06. The second kappa shape index (κ2) is 14.5. The number of halogens is 2. The van der Waals surface area contributed by atoms with Crippen molar-refractivity contribution in [2.45, 2.75) is 52.3 Å². The van der Waals surface area contributed by atoms with Gasteiger partial charge in [-0.05, 0) is 42.0 Å². The fourth-order valence-electron chi connectivity index (χ4n) is 5.93. The molecule has 3 aromatic carbocycles. The molecule has 0 heterocycles. The van der Waals surface area contributed by atoms with Crippen LogP contribution in [0.4, 0.5) is 0 Å². The summed E-state index contributed by atoms with van der Waals surface area (Å²) in [4.78, 5) is 59.8. The molecule has 0 saturated heterocycles. The highest BCUT2D eigenvalue weighted by molar-refractivity contribution is 6.39. The molecular formula is C34H37Cl2N3O6. The van der Waals surface area contributed by atoms with Gasteiger partial charge in [0.25, 0.3) is 11.8 Å². The molecule has 1 unspecified atom stereocenters. The SMILES string of the molecule is COC(=O)C(Cc1ccccc1)NC(=O)[C@H]1C[C@@H](NC(=O)c2c(Cl)cccc2Cl)[C@@](C)(C(=O)NOCc2ccccc2)C1(C)C. The van der Waals surface area contributed by atoms with Gasteiger partial charge in [0.05, 0.1) is 34.7 Å². The molecule has 0 radical (unpaired) electrons. The third-order valence-electron chi connectivity index (χ3n) is 8.99. The molecule has 1 fully saturated rings. The van der Waals surface area contributed by atoms with Gasteiger partial charge in [0.15, 0.2) is 0 Å². The molecule has 11 heteroatoms. The molecule has 1 aliphatic rings. The number of amides is 3. The Hall–Kier alpha value is -3.92. The quantitative estimate of drug-likeness (QED) is 0.191. The Bertz CT molecular complexity index is 1520. The van der Waals surface area contributed by atoms with E-state index in [1.807, 2.05) is 60.7 Å². The van der Waals surface area contributed by atoms with Gasteiger partial charge >= 0.3 is 5.97 Å². The van der Waals surface area contributed by atoms with E-state index in [-0.39, 0.29) is 35.1 Å². The average Bonchev–Trinajstić information content (AvgIpc) is 3.22. The lowest BCUT2D eigenvalue weighted by molar-refractivity contribution is -0.153. The fraction of sp³-hybridized carbons (Fsp3) is 0.353. The van der Waals surface area contributed by atoms with Gasteiger partial charge < -0.3 is 15.4 Å². The number of esters is 1. The molecule has 0 bridgehead atoms. The number of carbonyl (C=O) groups is 4. The van der Waals surface area contributed by atoms with Crippen LogP contribution in [0.1, 0.15) is 48.7 Å². The number of rotatable bonds is 11. The van der Waals surface area contributed by atoms with Crippen molar-refractivity contribution in [3.05, 3.63) is 106 Å². The van der Waals surface area contributed by atoms with Gasteiger partial charge in [-0.15, -0.1) is 0 Å². The number of benzene rings is 3. The molecule has 4 rings (SSSR count). The van der Waals surface area contributed by atoms with Crippen LogP contribution in [-0.4, -0.2) is 42.9 Å². The zero-order valence-electron chi connectivity index (χ0n) is 25.6. The van der Waals surface area contributed by atoms with E-state index in [1.54, 1.807) is 39.0 Å². The van der Waals surface area contributed by atoms with Gasteiger partial charge in [-0.3, -0.25) is 19.2 Å². The number of hydroxylamine groups is 1. The standard InChI is InChI=1S/C34H37Cl2N3O6/c1-33(2)23(29(40)37-26(31(42)44-4)18-21-12-7-5-8-13-21)19-27(38-30(41)28-24(35)16-11-17-25(28)36)34(33,3)32(43)39-45-20-22-14-9-6-10-15-22/h5-17,23,26-27H,18-20H2,1-4H3,(H,37,40)(H,38,41)(H,39,43)/t23-,26?,27-,34+/m1/s1. The third-order valence-corrected chi connectivity index (χ3v) is 9.62. The second-order valence-corrected chi connectivity index (χ2v) is 12.6. The van der Waals surface area contributed by atoms with E-state index in [4.69, 9.17) is 32.8 Å². The Morgan fingerprint density at radius 2 is 1.44 bits per heavy atom. The van der Waals surface area contributed by atoms with Crippen molar-refractivity contribution in [1.82, 2.24) is 16.1 Å². The van der Waals surface area contributed by atoms with Crippen molar-refractivity contribution < 1.29 is 28.8 Å². The lowest BCUT2D eigenvalue weighted by atomic mass is 9.64. The largest absolute Gasteiger partial charge is 0.467 e. The van der Waals surface area contributed by atoms with Gasteiger partial charge in [-0.25, -0.2) is 10.3 Å². The summed E-state index contributed by atoms with van der Waals surface area (Å²) in [6, 6.07) is 21.4. The normalized spacial score (nSPS) is 20.9. The van der Waals surface area contributed by atoms with E-state index in [0.717, 1.165) is 11.1 Å². The maximum atomic E-state index is 14.0. The van der Waals surface area contributed by atoms with Crippen molar-refractivity contribution in [3.63, 3.8) is 0 Å². The number of hydrogen-bond acceptors (Lipinski definition) is 6. The molecule has 0 aromatic heterocycles. The number of methoxy groups -OCH3 is 1.